The summed E-state index contributed by atoms with van der Waals surface area (Å²) in [5.41, 5.74) is 0.0298. The predicted octanol–water partition coefficient (Wildman–Crippen LogP) is 0.591. The van der Waals surface area contributed by atoms with Crippen LogP contribution in [0.15, 0.2) is 15.5 Å². The summed E-state index contributed by atoms with van der Waals surface area (Å²) in [6, 6.07) is 0.225. The summed E-state index contributed by atoms with van der Waals surface area (Å²) in [7, 11) is -3.38. The molecule has 1 fully saturated rings. The molecule has 0 radical (unpaired) electrons. The van der Waals surface area contributed by atoms with Crippen LogP contribution in [0.3, 0.4) is 0 Å². The molecule has 6 nitrogen and oxygen atoms in total. The van der Waals surface area contributed by atoms with E-state index in [1.165, 1.54) is 6.33 Å². The zero-order valence-electron chi connectivity index (χ0n) is 8.95. The molecule has 0 bridgehead atoms. The fourth-order valence-electron chi connectivity index (χ4n) is 1.58. The number of hydrogen-bond donors (Lipinski definition) is 0. The van der Waals surface area contributed by atoms with Crippen LogP contribution in [0, 0.1) is 0 Å². The van der Waals surface area contributed by atoms with Gasteiger partial charge in [0.25, 0.3) is 5.56 Å². The van der Waals surface area contributed by atoms with E-state index in [2.05, 4.69) is 9.97 Å². The summed E-state index contributed by atoms with van der Waals surface area (Å²) in [5.74, 6) is 0. The van der Waals surface area contributed by atoms with Crippen molar-refractivity contribution in [2.45, 2.75) is 23.2 Å². The van der Waals surface area contributed by atoms with Crippen LogP contribution in [0.4, 0.5) is 0 Å². The zero-order chi connectivity index (χ0) is 12.2. The Kier molecular flexibility index (Phi) is 2.14. The molecule has 0 spiro atoms. The normalized spacial score (nSPS) is 16.5. The first-order valence-electron chi connectivity index (χ1n) is 5.04. The molecule has 0 N–H and O–H groups in total. The van der Waals surface area contributed by atoms with E-state index >= 15 is 0 Å². The Bertz CT molecular complexity index is 755. The Hall–Kier alpha value is -1.28. The number of rotatable bonds is 2. The van der Waals surface area contributed by atoms with Crippen LogP contribution in [-0.4, -0.2) is 29.2 Å². The quantitative estimate of drug-likeness (QED) is 0.798. The van der Waals surface area contributed by atoms with Gasteiger partial charge in [-0.1, -0.05) is 11.3 Å². The van der Waals surface area contributed by atoms with E-state index in [-0.39, 0.29) is 21.6 Å². The minimum atomic E-state index is -3.38. The van der Waals surface area contributed by atoms with Gasteiger partial charge >= 0.3 is 0 Å². The fourth-order valence-corrected chi connectivity index (χ4v) is 3.37. The molecule has 2 heterocycles. The molecule has 90 valence electrons. The molecule has 3 rings (SSSR count). The van der Waals surface area contributed by atoms with Gasteiger partial charge in [-0.3, -0.25) is 9.36 Å². The van der Waals surface area contributed by atoms with Gasteiger partial charge < -0.3 is 0 Å². The maximum atomic E-state index is 12.0. The lowest BCUT2D eigenvalue weighted by Crippen LogP contribution is -2.18. The van der Waals surface area contributed by atoms with Crippen molar-refractivity contribution in [1.82, 2.24) is 14.5 Å². The molecular formula is C9H9N3O3S2. The van der Waals surface area contributed by atoms with Gasteiger partial charge in [-0.25, -0.2) is 18.4 Å². The number of fused-ring (bicyclic) bond motifs is 1. The molecule has 0 amide bonds. The van der Waals surface area contributed by atoms with E-state index in [0.717, 1.165) is 30.4 Å². The first-order valence-corrected chi connectivity index (χ1v) is 7.75. The van der Waals surface area contributed by atoms with Gasteiger partial charge in [-0.15, -0.1) is 0 Å². The van der Waals surface area contributed by atoms with Crippen LogP contribution in [0.2, 0.25) is 0 Å². The number of nitrogens with zero attached hydrogens (tertiary/aromatic N) is 3. The molecule has 8 heteroatoms. The third kappa shape index (κ3) is 1.77. The highest BCUT2D eigenvalue weighted by Gasteiger charge is 2.26. The summed E-state index contributed by atoms with van der Waals surface area (Å²) < 4.78 is 24.5. The first-order chi connectivity index (χ1) is 7.97. The highest BCUT2D eigenvalue weighted by atomic mass is 32.2. The van der Waals surface area contributed by atoms with Gasteiger partial charge in [0.15, 0.2) is 5.65 Å². The molecular weight excluding hydrogens is 262 g/mol. The molecule has 1 saturated carbocycles. The molecule has 2 aromatic rings. The Morgan fingerprint density at radius 3 is 2.76 bits per heavy atom. The Morgan fingerprint density at radius 2 is 2.18 bits per heavy atom. The summed E-state index contributed by atoms with van der Waals surface area (Å²) >= 11 is 0.895. The first kappa shape index (κ1) is 10.8. The molecule has 0 saturated heterocycles. The molecule has 0 unspecified atom stereocenters. The SMILES string of the molecule is CS(=O)(=O)c1nc2ncn(C3CC3)c(=O)c2s1. The number of hydrogen-bond acceptors (Lipinski definition) is 6. The largest absolute Gasteiger partial charge is 0.295 e. The fraction of sp³-hybridized carbons (Fsp3) is 0.444. The predicted molar refractivity (Wildman–Crippen MR) is 63.1 cm³/mol. The van der Waals surface area contributed by atoms with Gasteiger partial charge in [-0.2, -0.15) is 0 Å². The molecule has 2 aromatic heterocycles. The summed E-state index contributed by atoms with van der Waals surface area (Å²) in [5, 5.41) is 0. The van der Waals surface area contributed by atoms with E-state index in [9.17, 15) is 13.2 Å². The van der Waals surface area contributed by atoms with Crippen LogP contribution >= 0.6 is 11.3 Å². The molecule has 0 aromatic carbocycles. The van der Waals surface area contributed by atoms with Crippen LogP contribution in [0.1, 0.15) is 18.9 Å². The van der Waals surface area contributed by atoms with Crippen molar-refractivity contribution < 1.29 is 8.42 Å². The van der Waals surface area contributed by atoms with Crippen LogP contribution < -0.4 is 5.56 Å². The zero-order valence-corrected chi connectivity index (χ0v) is 10.6. The van der Waals surface area contributed by atoms with Crippen molar-refractivity contribution >= 4 is 31.5 Å². The molecule has 1 aliphatic rings. The average molecular weight is 271 g/mol. The number of thiazole rings is 1. The van der Waals surface area contributed by atoms with Gasteiger partial charge in [0.05, 0.1) is 0 Å². The Labute approximate surface area is 101 Å². The van der Waals surface area contributed by atoms with Crippen molar-refractivity contribution in [3.8, 4) is 0 Å². The topological polar surface area (TPSA) is 81.9 Å². The van der Waals surface area contributed by atoms with Crippen molar-refractivity contribution in [1.29, 1.82) is 0 Å². The standard InChI is InChI=1S/C9H9N3O3S2/c1-17(14,15)9-11-7-6(16-9)8(13)12(4-10-7)5-2-3-5/h4-5H,2-3H2,1H3. The highest BCUT2D eigenvalue weighted by molar-refractivity contribution is 7.92. The second-order valence-electron chi connectivity index (χ2n) is 4.09. The minimum absolute atomic E-state index is 0.0503. The van der Waals surface area contributed by atoms with E-state index < -0.39 is 9.84 Å². The van der Waals surface area contributed by atoms with Gasteiger partial charge in [-0.05, 0) is 12.8 Å². The number of aromatic nitrogens is 3. The van der Waals surface area contributed by atoms with E-state index in [4.69, 9.17) is 0 Å². The molecule has 0 atom stereocenters. The lowest BCUT2D eigenvalue weighted by atomic mass is 10.5. The highest BCUT2D eigenvalue weighted by Crippen LogP contribution is 2.33. The molecule has 0 aliphatic heterocycles. The van der Waals surface area contributed by atoms with Gasteiger partial charge in [0.1, 0.15) is 11.0 Å². The second-order valence-corrected chi connectivity index (χ2v) is 7.28. The Morgan fingerprint density at radius 1 is 1.47 bits per heavy atom. The van der Waals surface area contributed by atoms with E-state index in [0.29, 0.717) is 4.70 Å². The third-order valence-electron chi connectivity index (χ3n) is 2.58. The maximum Gasteiger partial charge on any atom is 0.273 e. The second kappa shape index (κ2) is 3.36. The van der Waals surface area contributed by atoms with Crippen LogP contribution in [-0.2, 0) is 9.84 Å². The summed E-state index contributed by atoms with van der Waals surface area (Å²) in [4.78, 5) is 20.0. The number of sulfone groups is 1. The molecule has 17 heavy (non-hydrogen) atoms. The van der Waals surface area contributed by atoms with Gasteiger partial charge in [0.2, 0.25) is 14.2 Å². The Balaban J connectivity index is 2.30. The lowest BCUT2D eigenvalue weighted by molar-refractivity contribution is 0.601. The van der Waals surface area contributed by atoms with E-state index in [1.54, 1.807) is 4.57 Å². The summed E-state index contributed by atoms with van der Waals surface area (Å²) in [6.45, 7) is 0. The monoisotopic (exact) mass is 271 g/mol. The van der Waals surface area contributed by atoms with Crippen molar-refractivity contribution in [2.24, 2.45) is 0 Å². The van der Waals surface area contributed by atoms with Crippen LogP contribution in [0.25, 0.3) is 10.3 Å². The lowest BCUT2D eigenvalue weighted by Gasteiger charge is -1.99. The molecule has 1 aliphatic carbocycles. The average Bonchev–Trinajstić information content (AvgIpc) is 2.95. The minimum Gasteiger partial charge on any atom is -0.295 e. The maximum absolute atomic E-state index is 12.0. The summed E-state index contributed by atoms with van der Waals surface area (Å²) in [6.07, 6.45) is 4.48. The third-order valence-corrected chi connectivity index (χ3v) is 5.29. The van der Waals surface area contributed by atoms with Crippen molar-refractivity contribution in [2.75, 3.05) is 6.26 Å². The van der Waals surface area contributed by atoms with Crippen molar-refractivity contribution in [3.05, 3.63) is 16.7 Å². The van der Waals surface area contributed by atoms with E-state index in [1.807, 2.05) is 0 Å². The smallest absolute Gasteiger partial charge is 0.273 e. The van der Waals surface area contributed by atoms with Crippen LogP contribution in [0.5, 0.6) is 0 Å². The van der Waals surface area contributed by atoms with Gasteiger partial charge in [0, 0.05) is 12.3 Å². The van der Waals surface area contributed by atoms with Crippen molar-refractivity contribution in [3.63, 3.8) is 0 Å².